The van der Waals surface area contributed by atoms with E-state index in [1.165, 1.54) is 50.5 Å². The zero-order valence-electron chi connectivity index (χ0n) is 14.5. The van der Waals surface area contributed by atoms with Gasteiger partial charge >= 0.3 is 0 Å². The zero-order valence-corrected chi connectivity index (χ0v) is 16.1. The lowest BCUT2D eigenvalue weighted by Crippen LogP contribution is -2.41. The minimum absolute atomic E-state index is 0. The molecule has 1 aromatic carbocycles. The van der Waals surface area contributed by atoms with Gasteiger partial charge in [0.1, 0.15) is 0 Å². The van der Waals surface area contributed by atoms with Crippen LogP contribution in [0.4, 0.5) is 0 Å². The van der Waals surface area contributed by atoms with Crippen LogP contribution < -0.4 is 10.6 Å². The summed E-state index contributed by atoms with van der Waals surface area (Å²) in [4.78, 5) is 12.7. The maximum Gasteiger partial charge on any atom is 0.220 e. The maximum absolute atomic E-state index is 12.7. The second kappa shape index (κ2) is 8.28. The molecule has 3 unspecified atom stereocenters. The van der Waals surface area contributed by atoms with Crippen LogP contribution in [0.25, 0.3) is 0 Å². The number of carbonyl (C=O) groups excluding carboxylic acids is 1. The number of halogens is 2. The van der Waals surface area contributed by atoms with Gasteiger partial charge in [0.25, 0.3) is 0 Å². The van der Waals surface area contributed by atoms with Crippen LogP contribution in [0.3, 0.4) is 0 Å². The summed E-state index contributed by atoms with van der Waals surface area (Å²) in [5, 5.41) is 7.76. The first kappa shape index (κ1) is 19.0. The molecule has 1 amide bonds. The van der Waals surface area contributed by atoms with Gasteiger partial charge in [-0.15, -0.1) is 12.4 Å². The van der Waals surface area contributed by atoms with Gasteiger partial charge in [0.2, 0.25) is 5.91 Å². The molecule has 3 fully saturated rings. The summed E-state index contributed by atoms with van der Waals surface area (Å²) in [6.07, 6.45) is 9.30. The number of hydrogen-bond acceptors (Lipinski definition) is 2. The lowest BCUT2D eigenvalue weighted by Gasteiger charge is -2.35. The molecule has 0 aromatic heterocycles. The van der Waals surface area contributed by atoms with E-state index >= 15 is 0 Å². The summed E-state index contributed by atoms with van der Waals surface area (Å²) in [5.41, 5.74) is 1.20. The summed E-state index contributed by atoms with van der Waals surface area (Å²) in [5.74, 6) is 1.36. The summed E-state index contributed by atoms with van der Waals surface area (Å²) in [6.45, 7) is 0. The molecule has 4 rings (SSSR count). The summed E-state index contributed by atoms with van der Waals surface area (Å²) in [6, 6.07) is 9.45. The Bertz CT molecular complexity index is 576. The van der Waals surface area contributed by atoms with Crippen molar-refractivity contribution in [1.29, 1.82) is 0 Å². The Labute approximate surface area is 161 Å². The molecular weight excluding hydrogens is 355 g/mol. The van der Waals surface area contributed by atoms with E-state index in [1.807, 2.05) is 12.1 Å². The van der Waals surface area contributed by atoms with Gasteiger partial charge in [-0.25, -0.2) is 0 Å². The minimum atomic E-state index is 0. The molecule has 2 saturated heterocycles. The number of rotatable bonds is 5. The summed E-state index contributed by atoms with van der Waals surface area (Å²) in [7, 11) is 0. The average molecular weight is 383 g/mol. The van der Waals surface area contributed by atoms with Gasteiger partial charge in [-0.3, -0.25) is 4.79 Å². The molecule has 138 valence electrons. The predicted octanol–water partition coefficient (Wildman–Crippen LogP) is 4.64. The van der Waals surface area contributed by atoms with Crippen molar-refractivity contribution in [2.24, 2.45) is 11.8 Å². The third-order valence-corrected chi connectivity index (χ3v) is 6.46. The van der Waals surface area contributed by atoms with Crippen molar-refractivity contribution in [3.63, 3.8) is 0 Å². The Hall–Kier alpha value is -0.770. The van der Waals surface area contributed by atoms with Crippen molar-refractivity contribution in [1.82, 2.24) is 10.6 Å². The number of nitrogens with one attached hydrogen (secondary N) is 2. The van der Waals surface area contributed by atoms with Crippen LogP contribution in [0.15, 0.2) is 24.3 Å². The van der Waals surface area contributed by atoms with E-state index in [0.717, 1.165) is 5.02 Å². The zero-order chi connectivity index (χ0) is 16.5. The van der Waals surface area contributed by atoms with Gasteiger partial charge in [0.05, 0.1) is 6.04 Å². The summed E-state index contributed by atoms with van der Waals surface area (Å²) >= 11 is 6.02. The molecule has 2 bridgehead atoms. The number of amides is 1. The molecule has 1 saturated carbocycles. The van der Waals surface area contributed by atoms with Gasteiger partial charge in [-0.05, 0) is 68.1 Å². The fraction of sp³-hybridized carbons (Fsp3) is 0.650. The SMILES string of the molecule is Cl.O=C(CC1CC2CCC(C1)N2)NC(c1ccc(Cl)cc1)C1CCC1. The van der Waals surface area contributed by atoms with Crippen LogP contribution in [-0.2, 0) is 4.79 Å². The molecule has 2 aliphatic heterocycles. The lowest BCUT2D eigenvalue weighted by molar-refractivity contribution is -0.123. The Morgan fingerprint density at radius 3 is 2.32 bits per heavy atom. The molecule has 2 N–H and O–H groups in total. The van der Waals surface area contributed by atoms with Crippen LogP contribution in [0.1, 0.15) is 63.0 Å². The molecule has 3 nitrogen and oxygen atoms in total. The second-order valence-corrected chi connectivity index (χ2v) is 8.40. The second-order valence-electron chi connectivity index (χ2n) is 7.97. The standard InChI is InChI=1S/C20H27ClN2O.ClH/c21-16-6-4-15(5-7-16)20(14-2-1-3-14)23-19(24)12-13-10-17-8-9-18(11-13)22-17;/h4-7,13-14,17-18,20,22H,1-3,8-12H2,(H,23,24);1H. The van der Waals surface area contributed by atoms with Crippen LogP contribution in [0, 0.1) is 11.8 Å². The highest BCUT2D eigenvalue weighted by molar-refractivity contribution is 6.30. The van der Waals surface area contributed by atoms with E-state index in [9.17, 15) is 4.79 Å². The maximum atomic E-state index is 12.7. The van der Waals surface area contributed by atoms with Gasteiger partial charge in [0.15, 0.2) is 0 Å². The van der Waals surface area contributed by atoms with Crippen molar-refractivity contribution < 1.29 is 4.79 Å². The molecule has 1 aromatic rings. The molecule has 0 spiro atoms. The number of piperidine rings is 1. The van der Waals surface area contributed by atoms with Crippen LogP contribution in [0.2, 0.25) is 5.02 Å². The highest BCUT2D eigenvalue weighted by Crippen LogP contribution is 2.38. The Balaban J connectivity index is 0.00000182. The van der Waals surface area contributed by atoms with E-state index in [-0.39, 0.29) is 24.4 Å². The molecule has 3 aliphatic rings. The van der Waals surface area contributed by atoms with E-state index in [0.29, 0.717) is 30.3 Å². The molecule has 5 heteroatoms. The van der Waals surface area contributed by atoms with Crippen LogP contribution in [-0.4, -0.2) is 18.0 Å². The van der Waals surface area contributed by atoms with Crippen molar-refractivity contribution in [2.75, 3.05) is 0 Å². The smallest absolute Gasteiger partial charge is 0.220 e. The highest BCUT2D eigenvalue weighted by atomic mass is 35.5. The normalized spacial score (nSPS) is 29.4. The molecule has 1 aliphatic carbocycles. The quantitative estimate of drug-likeness (QED) is 0.778. The van der Waals surface area contributed by atoms with Gasteiger partial charge in [0, 0.05) is 23.5 Å². The molecule has 2 heterocycles. The number of hydrogen-bond donors (Lipinski definition) is 2. The van der Waals surface area contributed by atoms with E-state index in [1.54, 1.807) is 0 Å². The minimum Gasteiger partial charge on any atom is -0.349 e. The van der Waals surface area contributed by atoms with E-state index in [4.69, 9.17) is 11.6 Å². The van der Waals surface area contributed by atoms with Gasteiger partial charge in [-0.1, -0.05) is 30.2 Å². The molecule has 0 radical (unpaired) electrons. The first-order valence-electron chi connectivity index (χ1n) is 9.48. The topological polar surface area (TPSA) is 41.1 Å². The fourth-order valence-electron chi connectivity index (χ4n) is 4.75. The summed E-state index contributed by atoms with van der Waals surface area (Å²) < 4.78 is 0. The van der Waals surface area contributed by atoms with Gasteiger partial charge in [-0.2, -0.15) is 0 Å². The molecule has 25 heavy (non-hydrogen) atoms. The Morgan fingerprint density at radius 1 is 1.12 bits per heavy atom. The third-order valence-electron chi connectivity index (χ3n) is 6.21. The molecule has 3 atom stereocenters. The monoisotopic (exact) mass is 382 g/mol. The van der Waals surface area contributed by atoms with Crippen molar-refractivity contribution in [2.45, 2.75) is 69.5 Å². The first-order chi connectivity index (χ1) is 11.7. The predicted molar refractivity (Wildman–Crippen MR) is 104 cm³/mol. The average Bonchev–Trinajstić information content (AvgIpc) is 2.84. The molecular formula is C20H28Cl2N2O. The van der Waals surface area contributed by atoms with Gasteiger partial charge < -0.3 is 10.6 Å². The van der Waals surface area contributed by atoms with E-state index < -0.39 is 0 Å². The highest BCUT2D eigenvalue weighted by Gasteiger charge is 2.35. The first-order valence-corrected chi connectivity index (χ1v) is 9.86. The number of benzene rings is 1. The van der Waals surface area contributed by atoms with Crippen LogP contribution >= 0.6 is 24.0 Å². The Kier molecular flexibility index (Phi) is 6.30. The van der Waals surface area contributed by atoms with Crippen molar-refractivity contribution >= 4 is 29.9 Å². The number of fused-ring (bicyclic) bond motifs is 2. The third kappa shape index (κ3) is 4.50. The largest absolute Gasteiger partial charge is 0.349 e. The lowest BCUT2D eigenvalue weighted by atomic mass is 9.77. The van der Waals surface area contributed by atoms with Crippen molar-refractivity contribution in [3.8, 4) is 0 Å². The Morgan fingerprint density at radius 2 is 1.76 bits per heavy atom. The van der Waals surface area contributed by atoms with Crippen LogP contribution in [0.5, 0.6) is 0 Å². The van der Waals surface area contributed by atoms with Crippen molar-refractivity contribution in [3.05, 3.63) is 34.9 Å². The number of carbonyl (C=O) groups is 1. The fourth-order valence-corrected chi connectivity index (χ4v) is 4.88. The van der Waals surface area contributed by atoms with E-state index in [2.05, 4.69) is 22.8 Å².